The molecule has 1 nitrogen and oxygen atoms in total. The van der Waals surface area contributed by atoms with Crippen LogP contribution in [0.2, 0.25) is 0 Å². The number of halogens is 2. The second-order valence-electron chi connectivity index (χ2n) is 3.67. The van der Waals surface area contributed by atoms with Crippen LogP contribution < -0.4 is 5.73 Å². The average Bonchev–Trinajstić information content (AvgIpc) is 2.16. The van der Waals surface area contributed by atoms with Gasteiger partial charge in [0.1, 0.15) is 5.82 Å². The van der Waals surface area contributed by atoms with Crippen LogP contribution in [-0.2, 0) is 0 Å². The van der Waals surface area contributed by atoms with Crippen molar-refractivity contribution in [3.05, 3.63) is 30.1 Å². The first kappa shape index (κ1) is 14.8. The highest BCUT2D eigenvalue weighted by atomic mass is 35.5. The number of thioether (sulfide) groups is 1. The van der Waals surface area contributed by atoms with Crippen LogP contribution in [0.3, 0.4) is 0 Å². The summed E-state index contributed by atoms with van der Waals surface area (Å²) in [7, 11) is 0. The lowest BCUT2D eigenvalue weighted by Crippen LogP contribution is -2.28. The molecule has 1 aromatic rings. The van der Waals surface area contributed by atoms with Crippen LogP contribution in [0.15, 0.2) is 29.2 Å². The van der Waals surface area contributed by atoms with Crippen LogP contribution >= 0.6 is 24.2 Å². The van der Waals surface area contributed by atoms with Gasteiger partial charge in [0.25, 0.3) is 0 Å². The number of nitrogens with two attached hydrogens (primary N) is 1. The van der Waals surface area contributed by atoms with E-state index in [1.165, 1.54) is 12.1 Å². The maximum atomic E-state index is 12.6. The molecule has 0 saturated heterocycles. The molecule has 15 heavy (non-hydrogen) atoms. The van der Waals surface area contributed by atoms with E-state index in [-0.39, 0.29) is 24.3 Å². The summed E-state index contributed by atoms with van der Waals surface area (Å²) in [6, 6.07) is 6.72. The molecule has 0 aliphatic heterocycles. The predicted octanol–water partition coefficient (Wildman–Crippen LogP) is 3.32. The second-order valence-corrected chi connectivity index (χ2v) is 4.77. The van der Waals surface area contributed by atoms with E-state index in [9.17, 15) is 4.39 Å². The van der Waals surface area contributed by atoms with E-state index in [2.05, 4.69) is 13.8 Å². The third-order valence-electron chi connectivity index (χ3n) is 2.11. The van der Waals surface area contributed by atoms with Crippen molar-refractivity contribution in [2.24, 2.45) is 11.7 Å². The third-order valence-corrected chi connectivity index (χ3v) is 3.27. The average molecular weight is 250 g/mol. The fourth-order valence-electron chi connectivity index (χ4n) is 0.916. The van der Waals surface area contributed by atoms with Crippen LogP contribution in [-0.4, -0.2) is 11.8 Å². The largest absolute Gasteiger partial charge is 0.327 e. The number of benzene rings is 1. The maximum absolute atomic E-state index is 12.6. The minimum absolute atomic E-state index is 0. The van der Waals surface area contributed by atoms with Crippen molar-refractivity contribution in [3.63, 3.8) is 0 Å². The van der Waals surface area contributed by atoms with Gasteiger partial charge in [-0.3, -0.25) is 0 Å². The Morgan fingerprint density at radius 3 is 2.27 bits per heavy atom. The number of hydrogen-bond donors (Lipinski definition) is 1. The third kappa shape index (κ3) is 5.40. The van der Waals surface area contributed by atoms with Crippen molar-refractivity contribution >= 4 is 24.2 Å². The minimum Gasteiger partial charge on any atom is -0.327 e. The Bertz CT molecular complexity index is 276. The predicted molar refractivity (Wildman–Crippen MR) is 67.2 cm³/mol. The first-order chi connectivity index (χ1) is 6.59. The van der Waals surface area contributed by atoms with E-state index < -0.39 is 0 Å². The van der Waals surface area contributed by atoms with Crippen LogP contribution in [0.1, 0.15) is 13.8 Å². The molecule has 0 radical (unpaired) electrons. The lowest BCUT2D eigenvalue weighted by Gasteiger charge is -2.14. The molecule has 0 amide bonds. The van der Waals surface area contributed by atoms with Gasteiger partial charge in [-0.25, -0.2) is 4.39 Å². The Hall–Kier alpha value is -0.250. The molecule has 86 valence electrons. The van der Waals surface area contributed by atoms with Gasteiger partial charge < -0.3 is 5.73 Å². The van der Waals surface area contributed by atoms with Gasteiger partial charge in [-0.2, -0.15) is 0 Å². The Morgan fingerprint density at radius 1 is 1.27 bits per heavy atom. The van der Waals surface area contributed by atoms with Gasteiger partial charge in [0.05, 0.1) is 0 Å². The fraction of sp³-hybridized carbons (Fsp3) is 0.455. The Morgan fingerprint density at radius 2 is 1.80 bits per heavy atom. The molecule has 0 saturated carbocycles. The summed E-state index contributed by atoms with van der Waals surface area (Å²) in [6.07, 6.45) is 0. The highest BCUT2D eigenvalue weighted by Crippen LogP contribution is 2.20. The van der Waals surface area contributed by atoms with Crippen molar-refractivity contribution in [1.82, 2.24) is 0 Å². The molecule has 0 spiro atoms. The Labute approximate surface area is 101 Å². The van der Waals surface area contributed by atoms with E-state index >= 15 is 0 Å². The van der Waals surface area contributed by atoms with Gasteiger partial charge in [-0.1, -0.05) is 13.8 Å². The maximum Gasteiger partial charge on any atom is 0.123 e. The summed E-state index contributed by atoms with van der Waals surface area (Å²) < 4.78 is 12.6. The van der Waals surface area contributed by atoms with Gasteiger partial charge in [0, 0.05) is 16.7 Å². The van der Waals surface area contributed by atoms with Crippen LogP contribution in [0.25, 0.3) is 0 Å². The SMILES string of the molecule is CC(C)C(N)CSc1ccc(F)cc1.Cl. The van der Waals surface area contributed by atoms with Gasteiger partial charge in [-0.05, 0) is 30.2 Å². The first-order valence-electron chi connectivity index (χ1n) is 4.73. The van der Waals surface area contributed by atoms with Gasteiger partial charge in [0.15, 0.2) is 0 Å². The van der Waals surface area contributed by atoms with E-state index in [4.69, 9.17) is 5.73 Å². The molecule has 0 fully saturated rings. The van der Waals surface area contributed by atoms with Crippen LogP contribution in [0.4, 0.5) is 4.39 Å². The highest BCUT2D eigenvalue weighted by Gasteiger charge is 2.07. The molecule has 0 heterocycles. The van der Waals surface area contributed by atoms with Crippen molar-refractivity contribution in [2.45, 2.75) is 24.8 Å². The second kappa shape index (κ2) is 7.09. The van der Waals surface area contributed by atoms with Crippen molar-refractivity contribution in [2.75, 3.05) is 5.75 Å². The molecule has 1 unspecified atom stereocenters. The summed E-state index contributed by atoms with van der Waals surface area (Å²) in [4.78, 5) is 1.07. The van der Waals surface area contributed by atoms with Crippen molar-refractivity contribution in [3.8, 4) is 0 Å². The Balaban J connectivity index is 0.00000196. The summed E-state index contributed by atoms with van der Waals surface area (Å²) in [5.41, 5.74) is 5.90. The van der Waals surface area contributed by atoms with Crippen LogP contribution in [0, 0.1) is 11.7 Å². The van der Waals surface area contributed by atoms with Crippen LogP contribution in [0.5, 0.6) is 0 Å². The zero-order valence-electron chi connectivity index (χ0n) is 8.94. The fourth-order valence-corrected chi connectivity index (χ4v) is 2.01. The standard InChI is InChI=1S/C11H16FNS.ClH/c1-8(2)11(13)7-14-10-5-3-9(12)4-6-10;/h3-6,8,11H,7,13H2,1-2H3;1H. The van der Waals surface area contributed by atoms with Gasteiger partial charge >= 0.3 is 0 Å². The van der Waals surface area contributed by atoms with Gasteiger partial charge in [-0.15, -0.1) is 24.2 Å². The zero-order chi connectivity index (χ0) is 10.6. The normalized spacial score (nSPS) is 12.3. The molecule has 1 atom stereocenters. The summed E-state index contributed by atoms with van der Waals surface area (Å²) in [5, 5.41) is 0. The smallest absolute Gasteiger partial charge is 0.123 e. The summed E-state index contributed by atoms with van der Waals surface area (Å²) >= 11 is 1.67. The van der Waals surface area contributed by atoms with Crippen molar-refractivity contribution < 1.29 is 4.39 Å². The van der Waals surface area contributed by atoms with E-state index in [1.807, 2.05) is 0 Å². The summed E-state index contributed by atoms with van der Waals surface area (Å²) in [5.74, 6) is 1.17. The van der Waals surface area contributed by atoms with E-state index in [1.54, 1.807) is 23.9 Å². The Kier molecular flexibility index (Phi) is 6.98. The molecular weight excluding hydrogens is 233 g/mol. The number of rotatable bonds is 4. The zero-order valence-corrected chi connectivity index (χ0v) is 10.6. The molecule has 0 aliphatic rings. The molecule has 0 aliphatic carbocycles. The molecule has 2 N–H and O–H groups in total. The topological polar surface area (TPSA) is 26.0 Å². The molecule has 1 rings (SSSR count). The molecule has 0 bridgehead atoms. The quantitative estimate of drug-likeness (QED) is 0.829. The minimum atomic E-state index is -0.192. The highest BCUT2D eigenvalue weighted by molar-refractivity contribution is 7.99. The molecular formula is C11H17ClFNS. The van der Waals surface area contributed by atoms with Gasteiger partial charge in [0.2, 0.25) is 0 Å². The lowest BCUT2D eigenvalue weighted by molar-refractivity contribution is 0.535. The lowest BCUT2D eigenvalue weighted by atomic mass is 10.1. The van der Waals surface area contributed by atoms with E-state index in [0.29, 0.717) is 5.92 Å². The molecule has 0 aromatic heterocycles. The molecule has 1 aromatic carbocycles. The molecule has 4 heteroatoms. The number of hydrogen-bond acceptors (Lipinski definition) is 2. The monoisotopic (exact) mass is 249 g/mol. The van der Waals surface area contributed by atoms with Crippen molar-refractivity contribution in [1.29, 1.82) is 0 Å². The first-order valence-corrected chi connectivity index (χ1v) is 5.72. The summed E-state index contributed by atoms with van der Waals surface area (Å²) in [6.45, 7) is 4.21. The van der Waals surface area contributed by atoms with E-state index in [0.717, 1.165) is 10.6 Å².